The molecule has 2 fully saturated rings. The summed E-state index contributed by atoms with van der Waals surface area (Å²) in [6.45, 7) is 8.36. The van der Waals surface area contributed by atoms with Gasteiger partial charge < -0.3 is 9.47 Å². The zero-order valence-corrected chi connectivity index (χ0v) is 18.1. The normalized spacial score (nSPS) is 26.7. The van der Waals surface area contributed by atoms with Crippen LogP contribution in [-0.4, -0.2) is 13.2 Å². The molecule has 2 aliphatic carbocycles. The van der Waals surface area contributed by atoms with Crippen LogP contribution in [0, 0.1) is 35.3 Å². The Kier molecular flexibility index (Phi) is 8.77. The first-order valence-corrected chi connectivity index (χ1v) is 11.6. The number of halogens is 2. The van der Waals surface area contributed by atoms with Gasteiger partial charge in [-0.25, -0.2) is 0 Å². The van der Waals surface area contributed by atoms with E-state index in [0.717, 1.165) is 37.5 Å². The number of hydrogen-bond acceptors (Lipinski definition) is 2. The van der Waals surface area contributed by atoms with Crippen molar-refractivity contribution in [2.75, 3.05) is 13.2 Å². The van der Waals surface area contributed by atoms with Gasteiger partial charge in [-0.15, -0.1) is 13.2 Å². The maximum atomic E-state index is 14.4. The van der Waals surface area contributed by atoms with Crippen LogP contribution in [0.1, 0.15) is 64.2 Å². The Morgan fingerprint density at radius 1 is 0.833 bits per heavy atom. The van der Waals surface area contributed by atoms with Crippen molar-refractivity contribution in [3.63, 3.8) is 0 Å². The molecule has 0 atom stereocenters. The van der Waals surface area contributed by atoms with E-state index in [1.54, 1.807) is 6.08 Å². The molecule has 3 rings (SSSR count). The molecule has 1 aromatic rings. The molecule has 166 valence electrons. The summed E-state index contributed by atoms with van der Waals surface area (Å²) in [7, 11) is 0. The lowest BCUT2D eigenvalue weighted by atomic mass is 9.69. The summed E-state index contributed by atoms with van der Waals surface area (Å²) in [5.41, 5.74) is 0. The van der Waals surface area contributed by atoms with Crippen LogP contribution < -0.4 is 9.47 Å². The van der Waals surface area contributed by atoms with Gasteiger partial charge in [-0.2, -0.15) is 8.78 Å². The van der Waals surface area contributed by atoms with Gasteiger partial charge in [0.15, 0.2) is 11.5 Å². The zero-order valence-electron chi connectivity index (χ0n) is 18.1. The first-order valence-electron chi connectivity index (χ1n) is 11.6. The molecule has 0 aliphatic heterocycles. The fraction of sp³-hybridized carbons (Fsp3) is 0.615. The van der Waals surface area contributed by atoms with Gasteiger partial charge in [0.25, 0.3) is 0 Å². The average molecular weight is 419 g/mol. The molecule has 2 saturated carbocycles. The maximum absolute atomic E-state index is 14.4. The second-order valence-corrected chi connectivity index (χ2v) is 8.97. The van der Waals surface area contributed by atoms with Crippen molar-refractivity contribution >= 4 is 0 Å². The van der Waals surface area contributed by atoms with Crippen molar-refractivity contribution < 1.29 is 18.3 Å². The number of ether oxygens (including phenoxy) is 2. The summed E-state index contributed by atoms with van der Waals surface area (Å²) in [4.78, 5) is 0. The highest BCUT2D eigenvalue weighted by Gasteiger charge is 2.30. The molecule has 0 saturated heterocycles. The Labute approximate surface area is 180 Å². The molecule has 1 aromatic carbocycles. The molecule has 2 nitrogen and oxygen atoms in total. The number of hydrogen-bond donors (Lipinski definition) is 0. The lowest BCUT2D eigenvalue weighted by molar-refractivity contribution is 0.127. The van der Waals surface area contributed by atoms with E-state index in [1.165, 1.54) is 50.7 Å². The van der Waals surface area contributed by atoms with Crippen LogP contribution in [0.5, 0.6) is 11.5 Å². The summed E-state index contributed by atoms with van der Waals surface area (Å²) < 4.78 is 39.6. The fourth-order valence-electron chi connectivity index (χ4n) is 5.03. The topological polar surface area (TPSA) is 18.5 Å². The Morgan fingerprint density at radius 3 is 1.97 bits per heavy atom. The first-order chi connectivity index (χ1) is 14.6. The molecule has 0 spiro atoms. The highest BCUT2D eigenvalue weighted by molar-refractivity contribution is 5.35. The number of allylic oxidation sites excluding steroid dienone is 2. The summed E-state index contributed by atoms with van der Waals surface area (Å²) in [5.74, 6) is 0.806. The van der Waals surface area contributed by atoms with Crippen LogP contribution >= 0.6 is 0 Å². The second-order valence-electron chi connectivity index (χ2n) is 8.97. The van der Waals surface area contributed by atoms with E-state index < -0.39 is 11.6 Å². The van der Waals surface area contributed by atoms with Crippen molar-refractivity contribution in [1.82, 2.24) is 0 Å². The van der Waals surface area contributed by atoms with Crippen LogP contribution in [0.2, 0.25) is 0 Å². The zero-order chi connectivity index (χ0) is 21.3. The van der Waals surface area contributed by atoms with E-state index in [4.69, 9.17) is 9.47 Å². The third-order valence-electron chi connectivity index (χ3n) is 7.00. The number of unbranched alkanes of at least 4 members (excludes halogenated alkanes) is 1. The summed E-state index contributed by atoms with van der Waals surface area (Å²) in [6, 6.07) is 2.93. The summed E-state index contributed by atoms with van der Waals surface area (Å²) in [6.07, 6.45) is 15.3. The first kappa shape index (κ1) is 22.8. The molecular formula is C26H36F2O2. The quantitative estimate of drug-likeness (QED) is 0.289. The third kappa shape index (κ3) is 6.09. The van der Waals surface area contributed by atoms with E-state index in [1.807, 2.05) is 0 Å². The summed E-state index contributed by atoms with van der Waals surface area (Å²) in [5, 5.41) is 0. The predicted octanol–water partition coefficient (Wildman–Crippen LogP) is 7.49. The van der Waals surface area contributed by atoms with Gasteiger partial charge in [0.1, 0.15) is 0 Å². The van der Waals surface area contributed by atoms with Gasteiger partial charge in [-0.05, 0) is 100 Å². The molecule has 4 heteroatoms. The Balaban J connectivity index is 1.42. The number of benzene rings is 1. The Hall–Kier alpha value is -1.84. The van der Waals surface area contributed by atoms with Crippen LogP contribution in [-0.2, 0) is 0 Å². The average Bonchev–Trinajstić information content (AvgIpc) is 2.79. The molecule has 0 heterocycles. The summed E-state index contributed by atoms with van der Waals surface area (Å²) >= 11 is 0. The van der Waals surface area contributed by atoms with Gasteiger partial charge in [-0.1, -0.05) is 12.2 Å². The minimum Gasteiger partial charge on any atom is -0.490 e. The maximum Gasteiger partial charge on any atom is 0.204 e. The van der Waals surface area contributed by atoms with Crippen molar-refractivity contribution in [1.29, 1.82) is 0 Å². The predicted molar refractivity (Wildman–Crippen MR) is 118 cm³/mol. The van der Waals surface area contributed by atoms with Gasteiger partial charge in [0.05, 0.1) is 13.2 Å². The van der Waals surface area contributed by atoms with Crippen LogP contribution in [0.25, 0.3) is 0 Å². The molecule has 0 radical (unpaired) electrons. The molecule has 0 unspecified atom stereocenters. The molecule has 0 aromatic heterocycles. The van der Waals surface area contributed by atoms with Crippen LogP contribution in [0.15, 0.2) is 37.4 Å². The molecule has 30 heavy (non-hydrogen) atoms. The minimum atomic E-state index is -0.968. The Bertz CT molecular complexity index is 687. The Morgan fingerprint density at radius 2 is 1.40 bits per heavy atom. The minimum absolute atomic E-state index is 0.0178. The van der Waals surface area contributed by atoms with E-state index >= 15 is 0 Å². The largest absolute Gasteiger partial charge is 0.490 e. The lowest BCUT2D eigenvalue weighted by Gasteiger charge is -2.37. The third-order valence-corrected chi connectivity index (χ3v) is 7.00. The second kappa shape index (κ2) is 11.5. The van der Waals surface area contributed by atoms with Crippen molar-refractivity contribution in [2.24, 2.45) is 23.7 Å². The lowest BCUT2D eigenvalue weighted by Crippen LogP contribution is -2.27. The van der Waals surface area contributed by atoms with Gasteiger partial charge in [-0.3, -0.25) is 0 Å². The van der Waals surface area contributed by atoms with Gasteiger partial charge in [0, 0.05) is 0 Å². The van der Waals surface area contributed by atoms with E-state index in [9.17, 15) is 8.78 Å². The molecule has 0 amide bonds. The van der Waals surface area contributed by atoms with E-state index in [-0.39, 0.29) is 11.5 Å². The highest BCUT2D eigenvalue weighted by atomic mass is 19.2. The van der Waals surface area contributed by atoms with Gasteiger partial charge >= 0.3 is 0 Å². The molecular weight excluding hydrogens is 382 g/mol. The monoisotopic (exact) mass is 418 g/mol. The van der Waals surface area contributed by atoms with Gasteiger partial charge in [0.2, 0.25) is 11.6 Å². The highest BCUT2D eigenvalue weighted by Crippen LogP contribution is 2.41. The fourth-order valence-corrected chi connectivity index (χ4v) is 5.03. The number of rotatable bonds is 10. The van der Waals surface area contributed by atoms with Crippen LogP contribution in [0.3, 0.4) is 0 Å². The smallest absolute Gasteiger partial charge is 0.204 e. The van der Waals surface area contributed by atoms with Crippen molar-refractivity contribution in [3.05, 3.63) is 49.1 Å². The molecule has 0 N–H and O–H groups in total. The molecule has 2 aliphatic rings. The van der Waals surface area contributed by atoms with E-state index in [2.05, 4.69) is 19.2 Å². The molecule has 0 bridgehead atoms. The van der Waals surface area contributed by atoms with Crippen LogP contribution in [0.4, 0.5) is 8.78 Å². The van der Waals surface area contributed by atoms with Crippen molar-refractivity contribution in [2.45, 2.75) is 64.2 Å². The van der Waals surface area contributed by atoms with E-state index in [0.29, 0.717) is 25.0 Å². The van der Waals surface area contributed by atoms with Crippen molar-refractivity contribution in [3.8, 4) is 11.5 Å². The standard InChI is InChI=1S/C26H36F2O2/c1-3-5-6-17-29-23-15-16-24(26(28)25(23)27)30-18-20-9-13-22(14-10-20)21-11-7-19(4-2)8-12-21/h3-4,15-16,19-22H,1-2,5-14,17-18H2. The SMILES string of the molecule is C=CCCCOc1ccc(OCC2CCC(C3CCC(C=C)CC3)CC2)c(F)c1F.